The fourth-order valence-electron chi connectivity index (χ4n) is 1.18. The number of carbonyl (C=O) groups excluding carboxylic acids is 1. The average Bonchev–Trinajstić information content (AvgIpc) is 2.34. The lowest BCUT2D eigenvalue weighted by molar-refractivity contribution is -0.140. The molecule has 1 aromatic heterocycles. The third-order valence-electron chi connectivity index (χ3n) is 2.01. The zero-order valence-corrected chi connectivity index (χ0v) is 12.5. The molecule has 0 fully saturated rings. The number of aromatic nitrogens is 1. The fourth-order valence-corrected chi connectivity index (χ4v) is 2.58. The Balaban J connectivity index is 2.69. The van der Waals surface area contributed by atoms with Gasteiger partial charge in [0.15, 0.2) is 0 Å². The molecule has 0 aliphatic carbocycles. The van der Waals surface area contributed by atoms with Gasteiger partial charge in [0, 0.05) is 12.3 Å². The molecule has 0 saturated heterocycles. The van der Waals surface area contributed by atoms with Gasteiger partial charge in [-0.1, -0.05) is 23.2 Å². The first-order valence-corrected chi connectivity index (χ1v) is 7.12. The van der Waals surface area contributed by atoms with Gasteiger partial charge in [0.2, 0.25) is 0 Å². The van der Waals surface area contributed by atoms with Crippen LogP contribution < -0.4 is 5.32 Å². The number of methoxy groups -OCH3 is 1. The Hall–Kier alpha value is -0.650. The molecule has 100 valence electrons. The number of thioether (sulfide) groups is 1. The van der Waals surface area contributed by atoms with E-state index in [9.17, 15) is 4.79 Å². The van der Waals surface area contributed by atoms with E-state index in [1.807, 2.05) is 6.92 Å². The summed E-state index contributed by atoms with van der Waals surface area (Å²) in [6, 6.07) is 1.65. The molecule has 0 aromatic carbocycles. The predicted octanol–water partition coefficient (Wildman–Crippen LogP) is 3.48. The number of hydrogen-bond acceptors (Lipinski definition) is 5. The van der Waals surface area contributed by atoms with Gasteiger partial charge >= 0.3 is 5.97 Å². The Morgan fingerprint density at radius 3 is 2.83 bits per heavy atom. The normalized spacial score (nSPS) is 10.2. The number of esters is 1. The van der Waals surface area contributed by atoms with Gasteiger partial charge in [0.25, 0.3) is 0 Å². The number of halogens is 2. The molecule has 0 unspecified atom stereocenters. The second-order valence-electron chi connectivity index (χ2n) is 3.31. The van der Waals surface area contributed by atoms with Crippen molar-refractivity contribution in [3.8, 4) is 0 Å². The highest BCUT2D eigenvalue weighted by atomic mass is 35.5. The van der Waals surface area contributed by atoms with E-state index < -0.39 is 0 Å². The molecule has 0 amide bonds. The van der Waals surface area contributed by atoms with Gasteiger partial charge in [-0.3, -0.25) is 4.79 Å². The Labute approximate surface area is 120 Å². The zero-order chi connectivity index (χ0) is 13.5. The SMILES string of the molecule is CCNc1nc(SCCC(=O)OC)c(Cl)cc1Cl. The summed E-state index contributed by atoms with van der Waals surface area (Å²) >= 11 is 13.4. The number of hydrogen-bond donors (Lipinski definition) is 1. The van der Waals surface area contributed by atoms with Gasteiger partial charge < -0.3 is 10.1 Å². The molecule has 1 rings (SSSR count). The quantitative estimate of drug-likeness (QED) is 0.644. The highest BCUT2D eigenvalue weighted by Crippen LogP contribution is 2.32. The number of carbonyl (C=O) groups is 1. The van der Waals surface area contributed by atoms with Crippen LogP contribution in [0.4, 0.5) is 5.82 Å². The number of nitrogens with zero attached hydrogens (tertiary/aromatic N) is 1. The van der Waals surface area contributed by atoms with E-state index >= 15 is 0 Å². The maximum atomic E-state index is 11.0. The molecule has 0 saturated carbocycles. The Kier molecular flexibility index (Phi) is 6.60. The third-order valence-corrected chi connectivity index (χ3v) is 3.70. The molecule has 0 bridgehead atoms. The Morgan fingerprint density at radius 2 is 2.22 bits per heavy atom. The predicted molar refractivity (Wildman–Crippen MR) is 75.8 cm³/mol. The molecular weight excluding hydrogens is 295 g/mol. The molecule has 1 aromatic rings. The van der Waals surface area contributed by atoms with Crippen LogP contribution in [-0.2, 0) is 9.53 Å². The van der Waals surface area contributed by atoms with E-state index in [0.29, 0.717) is 33.1 Å². The van der Waals surface area contributed by atoms with Crippen LogP contribution in [0.2, 0.25) is 10.0 Å². The van der Waals surface area contributed by atoms with Crippen molar-refractivity contribution < 1.29 is 9.53 Å². The fraction of sp³-hybridized carbons (Fsp3) is 0.455. The molecule has 7 heteroatoms. The summed E-state index contributed by atoms with van der Waals surface area (Å²) in [5.41, 5.74) is 0. The minimum atomic E-state index is -0.250. The van der Waals surface area contributed by atoms with E-state index in [1.165, 1.54) is 18.9 Å². The number of nitrogens with one attached hydrogen (secondary N) is 1. The largest absolute Gasteiger partial charge is 0.469 e. The Bertz CT molecular complexity index is 430. The highest BCUT2D eigenvalue weighted by molar-refractivity contribution is 7.99. The first-order valence-electron chi connectivity index (χ1n) is 5.38. The minimum absolute atomic E-state index is 0.250. The van der Waals surface area contributed by atoms with Gasteiger partial charge in [-0.25, -0.2) is 4.98 Å². The molecule has 4 nitrogen and oxygen atoms in total. The van der Waals surface area contributed by atoms with Crippen LogP contribution in [0.15, 0.2) is 11.1 Å². The van der Waals surface area contributed by atoms with Crippen molar-refractivity contribution in [2.45, 2.75) is 18.4 Å². The molecule has 0 atom stereocenters. The molecule has 0 aliphatic rings. The summed E-state index contributed by atoms with van der Waals surface area (Å²) in [5, 5.41) is 4.67. The van der Waals surface area contributed by atoms with Crippen LogP contribution in [-0.4, -0.2) is 30.4 Å². The summed E-state index contributed by atoms with van der Waals surface area (Å²) in [6.07, 6.45) is 0.318. The van der Waals surface area contributed by atoms with Gasteiger partial charge in [-0.2, -0.15) is 0 Å². The van der Waals surface area contributed by atoms with Gasteiger partial charge in [0.1, 0.15) is 10.8 Å². The van der Waals surface area contributed by atoms with Gasteiger partial charge in [-0.05, 0) is 13.0 Å². The standard InChI is InChI=1S/C11H14Cl2N2O2S/c1-3-14-10-7(12)6-8(13)11(15-10)18-5-4-9(16)17-2/h6H,3-5H2,1-2H3,(H,14,15). The Morgan fingerprint density at radius 1 is 1.50 bits per heavy atom. The van der Waals surface area contributed by atoms with Crippen molar-refractivity contribution in [2.75, 3.05) is 24.7 Å². The smallest absolute Gasteiger partial charge is 0.306 e. The van der Waals surface area contributed by atoms with Crippen LogP contribution in [0, 0.1) is 0 Å². The monoisotopic (exact) mass is 308 g/mol. The molecule has 0 radical (unpaired) electrons. The van der Waals surface area contributed by atoms with Gasteiger partial charge in [-0.15, -0.1) is 11.8 Å². The van der Waals surface area contributed by atoms with Crippen molar-refractivity contribution in [1.29, 1.82) is 0 Å². The van der Waals surface area contributed by atoms with Crippen LogP contribution >= 0.6 is 35.0 Å². The molecule has 18 heavy (non-hydrogen) atoms. The molecular formula is C11H14Cl2N2O2S. The lowest BCUT2D eigenvalue weighted by Crippen LogP contribution is -2.03. The number of rotatable bonds is 6. The molecule has 1 heterocycles. The maximum Gasteiger partial charge on any atom is 0.306 e. The number of anilines is 1. The van der Waals surface area contributed by atoms with E-state index in [2.05, 4.69) is 15.0 Å². The lowest BCUT2D eigenvalue weighted by Gasteiger charge is -2.09. The topological polar surface area (TPSA) is 51.2 Å². The van der Waals surface area contributed by atoms with Crippen molar-refractivity contribution in [1.82, 2.24) is 4.98 Å². The summed E-state index contributed by atoms with van der Waals surface area (Å²) < 4.78 is 4.56. The first kappa shape index (κ1) is 15.4. The van der Waals surface area contributed by atoms with Crippen molar-refractivity contribution in [3.05, 3.63) is 16.1 Å². The molecule has 0 spiro atoms. The van der Waals surface area contributed by atoms with E-state index in [1.54, 1.807) is 6.07 Å². The third kappa shape index (κ3) is 4.55. The summed E-state index contributed by atoms with van der Waals surface area (Å²) in [5.74, 6) is 0.913. The average molecular weight is 309 g/mol. The van der Waals surface area contributed by atoms with Crippen molar-refractivity contribution in [2.24, 2.45) is 0 Å². The summed E-state index contributed by atoms with van der Waals surface area (Å²) in [6.45, 7) is 2.68. The first-order chi connectivity index (χ1) is 8.58. The number of ether oxygens (including phenoxy) is 1. The van der Waals surface area contributed by atoms with E-state index in [-0.39, 0.29) is 5.97 Å². The molecule has 0 aliphatic heterocycles. The van der Waals surface area contributed by atoms with Crippen LogP contribution in [0.5, 0.6) is 0 Å². The van der Waals surface area contributed by atoms with E-state index in [4.69, 9.17) is 23.2 Å². The number of pyridine rings is 1. The van der Waals surface area contributed by atoms with Crippen LogP contribution in [0.25, 0.3) is 0 Å². The van der Waals surface area contributed by atoms with E-state index in [0.717, 1.165) is 6.54 Å². The van der Waals surface area contributed by atoms with Crippen LogP contribution in [0.1, 0.15) is 13.3 Å². The van der Waals surface area contributed by atoms with Gasteiger partial charge in [0.05, 0.1) is 23.6 Å². The van der Waals surface area contributed by atoms with Crippen LogP contribution in [0.3, 0.4) is 0 Å². The minimum Gasteiger partial charge on any atom is -0.469 e. The lowest BCUT2D eigenvalue weighted by atomic mass is 10.4. The second-order valence-corrected chi connectivity index (χ2v) is 5.21. The summed E-state index contributed by atoms with van der Waals surface area (Å²) in [7, 11) is 1.36. The highest BCUT2D eigenvalue weighted by Gasteiger charge is 2.10. The second kappa shape index (κ2) is 7.71. The van der Waals surface area contributed by atoms with Crippen molar-refractivity contribution >= 4 is 46.8 Å². The van der Waals surface area contributed by atoms with Crippen molar-refractivity contribution in [3.63, 3.8) is 0 Å². The summed E-state index contributed by atoms with van der Waals surface area (Å²) in [4.78, 5) is 15.3. The maximum absolute atomic E-state index is 11.0. The molecule has 1 N–H and O–H groups in total. The zero-order valence-electron chi connectivity index (χ0n) is 10.1.